The minimum Gasteiger partial charge on any atom is -0.486 e. The SMILES string of the molecule is NCC1CCN(C[C@H]2COc3cc4c(cc3O2)OCO4)CC1. The Morgan fingerprint density at radius 1 is 1.00 bits per heavy atom. The molecular weight excluding hydrogens is 284 g/mol. The highest BCUT2D eigenvalue weighted by Gasteiger charge is 2.28. The molecule has 0 amide bonds. The fourth-order valence-electron chi connectivity index (χ4n) is 3.29. The molecule has 1 fully saturated rings. The minimum atomic E-state index is 0.0577. The van der Waals surface area contributed by atoms with Crippen molar-refractivity contribution < 1.29 is 18.9 Å². The van der Waals surface area contributed by atoms with Crippen LogP contribution < -0.4 is 24.7 Å². The molecule has 0 aliphatic carbocycles. The Balaban J connectivity index is 1.38. The lowest BCUT2D eigenvalue weighted by atomic mass is 9.97. The van der Waals surface area contributed by atoms with Crippen molar-refractivity contribution in [2.75, 3.05) is 39.6 Å². The van der Waals surface area contributed by atoms with Crippen LogP contribution >= 0.6 is 0 Å². The van der Waals surface area contributed by atoms with Gasteiger partial charge in [-0.05, 0) is 38.4 Å². The largest absolute Gasteiger partial charge is 0.486 e. The van der Waals surface area contributed by atoms with Crippen LogP contribution in [0.5, 0.6) is 23.0 Å². The van der Waals surface area contributed by atoms with Crippen molar-refractivity contribution in [3.63, 3.8) is 0 Å². The number of fused-ring (bicyclic) bond motifs is 2. The summed E-state index contributed by atoms with van der Waals surface area (Å²) >= 11 is 0. The molecule has 0 aromatic heterocycles. The Kier molecular flexibility index (Phi) is 3.72. The summed E-state index contributed by atoms with van der Waals surface area (Å²) in [6, 6.07) is 3.71. The number of hydrogen-bond donors (Lipinski definition) is 1. The summed E-state index contributed by atoms with van der Waals surface area (Å²) in [5.41, 5.74) is 5.75. The van der Waals surface area contributed by atoms with Gasteiger partial charge in [-0.15, -0.1) is 0 Å². The molecule has 120 valence electrons. The molecule has 3 heterocycles. The average Bonchev–Trinajstić information content (AvgIpc) is 3.00. The lowest BCUT2D eigenvalue weighted by Crippen LogP contribution is -2.44. The molecule has 22 heavy (non-hydrogen) atoms. The fraction of sp³-hybridized carbons (Fsp3) is 0.625. The third kappa shape index (κ3) is 2.68. The highest BCUT2D eigenvalue weighted by Crippen LogP contribution is 2.43. The lowest BCUT2D eigenvalue weighted by molar-refractivity contribution is 0.0481. The summed E-state index contributed by atoms with van der Waals surface area (Å²) in [4.78, 5) is 2.44. The molecule has 4 rings (SSSR count). The van der Waals surface area contributed by atoms with Crippen molar-refractivity contribution in [3.05, 3.63) is 12.1 Å². The van der Waals surface area contributed by atoms with Gasteiger partial charge in [0, 0.05) is 18.7 Å². The second kappa shape index (κ2) is 5.85. The van der Waals surface area contributed by atoms with Gasteiger partial charge in [-0.25, -0.2) is 0 Å². The van der Waals surface area contributed by atoms with E-state index >= 15 is 0 Å². The zero-order valence-electron chi connectivity index (χ0n) is 12.6. The molecule has 0 saturated carbocycles. The standard InChI is InChI=1S/C16H22N2O4/c17-7-11-1-3-18(4-2-11)8-12-9-19-15-5-13-14(21-10-20-13)6-16(15)22-12/h5-6,11-12H,1-4,7-10,17H2/t12-/m0/s1. The van der Waals surface area contributed by atoms with Crippen molar-refractivity contribution in [1.29, 1.82) is 0 Å². The summed E-state index contributed by atoms with van der Waals surface area (Å²) in [5.74, 6) is 3.62. The second-order valence-corrected chi connectivity index (χ2v) is 6.18. The highest BCUT2D eigenvalue weighted by molar-refractivity contribution is 5.55. The topological polar surface area (TPSA) is 66.2 Å². The van der Waals surface area contributed by atoms with Gasteiger partial charge in [-0.1, -0.05) is 0 Å². The molecule has 3 aliphatic heterocycles. The van der Waals surface area contributed by atoms with Crippen LogP contribution in [0.15, 0.2) is 12.1 Å². The van der Waals surface area contributed by atoms with Crippen LogP contribution in [0.25, 0.3) is 0 Å². The number of piperidine rings is 1. The number of hydrogen-bond acceptors (Lipinski definition) is 6. The van der Waals surface area contributed by atoms with Crippen molar-refractivity contribution in [2.24, 2.45) is 11.7 Å². The zero-order chi connectivity index (χ0) is 14.9. The third-order valence-electron chi connectivity index (χ3n) is 4.66. The Morgan fingerprint density at radius 3 is 2.41 bits per heavy atom. The lowest BCUT2D eigenvalue weighted by Gasteiger charge is -2.35. The Bertz CT molecular complexity index is 543. The molecule has 2 N–H and O–H groups in total. The van der Waals surface area contributed by atoms with Gasteiger partial charge in [0.05, 0.1) is 0 Å². The number of likely N-dealkylation sites (tertiary alicyclic amines) is 1. The highest BCUT2D eigenvalue weighted by atomic mass is 16.7. The van der Waals surface area contributed by atoms with Gasteiger partial charge in [0.1, 0.15) is 12.7 Å². The number of nitrogens with zero attached hydrogens (tertiary/aromatic N) is 1. The van der Waals surface area contributed by atoms with Crippen molar-refractivity contribution >= 4 is 0 Å². The molecule has 1 atom stereocenters. The van der Waals surface area contributed by atoms with Crippen LogP contribution in [-0.4, -0.2) is 50.6 Å². The molecule has 0 spiro atoms. The molecule has 6 nitrogen and oxygen atoms in total. The van der Waals surface area contributed by atoms with Crippen molar-refractivity contribution in [3.8, 4) is 23.0 Å². The monoisotopic (exact) mass is 306 g/mol. The quantitative estimate of drug-likeness (QED) is 0.906. The van der Waals surface area contributed by atoms with Gasteiger partial charge in [-0.2, -0.15) is 0 Å². The first-order valence-corrected chi connectivity index (χ1v) is 7.97. The first kappa shape index (κ1) is 14.0. The Labute approximate surface area is 130 Å². The number of benzene rings is 1. The molecule has 1 aromatic carbocycles. The summed E-state index contributed by atoms with van der Waals surface area (Å²) in [7, 11) is 0. The number of ether oxygens (including phenoxy) is 4. The van der Waals surface area contributed by atoms with E-state index in [2.05, 4.69) is 4.90 Å². The Morgan fingerprint density at radius 2 is 1.68 bits per heavy atom. The summed E-state index contributed by atoms with van der Waals surface area (Å²) < 4.78 is 22.7. The normalized spacial score (nSPS) is 24.5. The van der Waals surface area contributed by atoms with Gasteiger partial charge >= 0.3 is 0 Å². The van der Waals surface area contributed by atoms with E-state index in [1.807, 2.05) is 12.1 Å². The first-order valence-electron chi connectivity index (χ1n) is 7.97. The first-order chi connectivity index (χ1) is 10.8. The van der Waals surface area contributed by atoms with E-state index in [-0.39, 0.29) is 12.9 Å². The van der Waals surface area contributed by atoms with E-state index in [0.717, 1.165) is 49.2 Å². The molecular formula is C16H22N2O4. The summed E-state index contributed by atoms with van der Waals surface area (Å²) in [5, 5.41) is 0. The molecule has 1 saturated heterocycles. The predicted molar refractivity (Wildman–Crippen MR) is 80.7 cm³/mol. The van der Waals surface area contributed by atoms with Crippen molar-refractivity contribution in [2.45, 2.75) is 18.9 Å². The predicted octanol–water partition coefficient (Wildman–Crippen LogP) is 1.23. The number of nitrogens with two attached hydrogens (primary N) is 1. The maximum Gasteiger partial charge on any atom is 0.231 e. The van der Waals surface area contributed by atoms with Gasteiger partial charge in [0.25, 0.3) is 0 Å². The van der Waals surface area contributed by atoms with E-state index < -0.39 is 0 Å². The Hall–Kier alpha value is -1.66. The minimum absolute atomic E-state index is 0.0577. The molecule has 0 radical (unpaired) electrons. The van der Waals surface area contributed by atoms with Gasteiger partial charge < -0.3 is 24.7 Å². The van der Waals surface area contributed by atoms with Crippen LogP contribution in [-0.2, 0) is 0 Å². The van der Waals surface area contributed by atoms with Gasteiger partial charge in [-0.3, -0.25) is 4.90 Å². The van der Waals surface area contributed by atoms with E-state index in [1.54, 1.807) is 0 Å². The van der Waals surface area contributed by atoms with Gasteiger partial charge in [0.2, 0.25) is 6.79 Å². The molecule has 0 unspecified atom stereocenters. The van der Waals surface area contributed by atoms with Gasteiger partial charge in [0.15, 0.2) is 23.0 Å². The van der Waals surface area contributed by atoms with Crippen molar-refractivity contribution in [1.82, 2.24) is 4.90 Å². The third-order valence-corrected chi connectivity index (χ3v) is 4.66. The van der Waals surface area contributed by atoms with Crippen LogP contribution in [0, 0.1) is 5.92 Å². The summed E-state index contributed by atoms with van der Waals surface area (Å²) in [6.45, 7) is 4.72. The molecule has 0 bridgehead atoms. The van der Waals surface area contributed by atoms with Crippen LogP contribution in [0.2, 0.25) is 0 Å². The average molecular weight is 306 g/mol. The van der Waals surface area contributed by atoms with E-state index in [4.69, 9.17) is 24.7 Å². The van der Waals surface area contributed by atoms with Crippen LogP contribution in [0.1, 0.15) is 12.8 Å². The molecule has 1 aromatic rings. The van der Waals surface area contributed by atoms with E-state index in [9.17, 15) is 0 Å². The second-order valence-electron chi connectivity index (χ2n) is 6.18. The fourth-order valence-corrected chi connectivity index (χ4v) is 3.29. The van der Waals surface area contributed by atoms with Crippen LogP contribution in [0.3, 0.4) is 0 Å². The zero-order valence-corrected chi connectivity index (χ0v) is 12.6. The van der Waals surface area contributed by atoms with E-state index in [0.29, 0.717) is 12.5 Å². The van der Waals surface area contributed by atoms with E-state index in [1.165, 1.54) is 12.8 Å². The summed E-state index contributed by atoms with van der Waals surface area (Å²) in [6.07, 6.45) is 2.42. The number of rotatable bonds is 3. The smallest absolute Gasteiger partial charge is 0.231 e. The van der Waals surface area contributed by atoms with Crippen LogP contribution in [0.4, 0.5) is 0 Å². The maximum absolute atomic E-state index is 6.09. The molecule has 3 aliphatic rings. The maximum atomic E-state index is 6.09. The molecule has 6 heteroatoms.